The number of anilines is 1. The Morgan fingerprint density at radius 1 is 1.12 bits per heavy atom. The summed E-state index contributed by atoms with van der Waals surface area (Å²) in [6.07, 6.45) is -2.85. The lowest BCUT2D eigenvalue weighted by Crippen LogP contribution is -2.13. The summed E-state index contributed by atoms with van der Waals surface area (Å²) >= 11 is 6.52. The first-order chi connectivity index (χ1) is 11.6. The first-order valence-electron chi connectivity index (χ1n) is 6.83. The van der Waals surface area contributed by atoms with E-state index in [1.165, 1.54) is 0 Å². The van der Waals surface area contributed by atoms with Crippen LogP contribution in [0.25, 0.3) is 11.1 Å². The van der Waals surface area contributed by atoms with Gasteiger partial charge in [-0.2, -0.15) is 0 Å². The quantitative estimate of drug-likeness (QED) is 0.704. The molecule has 1 heterocycles. The van der Waals surface area contributed by atoms with Crippen LogP contribution in [0, 0.1) is 0 Å². The molecule has 0 aliphatic heterocycles. The van der Waals surface area contributed by atoms with Crippen molar-refractivity contribution in [3.8, 4) is 11.1 Å². The van der Waals surface area contributed by atoms with Crippen LogP contribution < -0.4 is 5.32 Å². The molecule has 0 aliphatic rings. The van der Waals surface area contributed by atoms with Crippen LogP contribution in [0.1, 0.15) is 21.8 Å². The minimum absolute atomic E-state index is 0.198. The Morgan fingerprint density at radius 3 is 2.54 bits per heavy atom. The molecule has 0 atom stereocenters. The molecule has 8 heteroatoms. The normalized spacial score (nSPS) is 10.8. The highest BCUT2D eigenvalue weighted by molar-refractivity contribution is 7.08. The van der Waals surface area contributed by atoms with E-state index >= 15 is 0 Å². The first-order valence-corrected chi connectivity index (χ1v) is 7.98. The van der Waals surface area contributed by atoms with Crippen molar-refractivity contribution in [3.63, 3.8) is 0 Å². The van der Waals surface area contributed by atoms with Crippen molar-refractivity contribution in [1.29, 1.82) is 0 Å². The Morgan fingerprint density at radius 2 is 1.83 bits per heavy atom. The molecule has 122 valence electrons. The molecule has 0 radical (unpaired) electrons. The fourth-order valence-corrected chi connectivity index (χ4v) is 2.84. The van der Waals surface area contributed by atoms with Crippen LogP contribution in [-0.4, -0.2) is 15.5 Å². The molecule has 0 spiro atoms. The average Bonchev–Trinajstić information content (AvgIpc) is 3.06. The zero-order valence-electron chi connectivity index (χ0n) is 12.0. The van der Waals surface area contributed by atoms with Gasteiger partial charge in [0.05, 0.1) is 0 Å². The number of hydrogen-bond donors (Lipinski definition) is 1. The molecule has 24 heavy (non-hydrogen) atoms. The summed E-state index contributed by atoms with van der Waals surface area (Å²) in [7, 11) is 0. The van der Waals surface area contributed by atoms with Gasteiger partial charge in [-0.3, -0.25) is 4.79 Å². The number of nitrogens with one attached hydrogen (secondary N) is 1. The molecule has 0 unspecified atom stereocenters. The lowest BCUT2D eigenvalue weighted by molar-refractivity contribution is 0.101. The Labute approximate surface area is 145 Å². The van der Waals surface area contributed by atoms with E-state index in [9.17, 15) is 13.6 Å². The Bertz CT molecular complexity index is 868. The number of carbonyl (C=O) groups is 1. The third-order valence-electron chi connectivity index (χ3n) is 3.26. The molecule has 1 aromatic heterocycles. The second kappa shape index (κ2) is 7.02. The molecule has 0 bridgehead atoms. The SMILES string of the molecule is O=C(Nc1ccccc1-c1ccc(Cl)cc1)c1snnc1C(F)F. The molecular formula is C16H10ClF2N3OS. The summed E-state index contributed by atoms with van der Waals surface area (Å²) in [5.41, 5.74) is 1.48. The van der Waals surface area contributed by atoms with E-state index in [2.05, 4.69) is 14.9 Å². The number of nitrogens with zero attached hydrogens (tertiary/aromatic N) is 2. The van der Waals surface area contributed by atoms with Crippen LogP contribution in [0.5, 0.6) is 0 Å². The van der Waals surface area contributed by atoms with Gasteiger partial charge in [0, 0.05) is 16.3 Å². The maximum atomic E-state index is 12.9. The van der Waals surface area contributed by atoms with Gasteiger partial charge < -0.3 is 5.32 Å². The first kappa shape index (κ1) is 16.5. The van der Waals surface area contributed by atoms with Gasteiger partial charge in [-0.15, -0.1) is 5.10 Å². The highest BCUT2D eigenvalue weighted by atomic mass is 35.5. The van der Waals surface area contributed by atoms with Gasteiger partial charge in [-0.05, 0) is 35.3 Å². The van der Waals surface area contributed by atoms with E-state index in [4.69, 9.17) is 11.6 Å². The van der Waals surface area contributed by atoms with Crippen LogP contribution >= 0.6 is 23.1 Å². The third kappa shape index (κ3) is 3.42. The van der Waals surface area contributed by atoms with E-state index in [1.54, 1.807) is 24.3 Å². The molecule has 0 saturated heterocycles. The number of aromatic nitrogens is 2. The van der Waals surface area contributed by atoms with Gasteiger partial charge in [0.1, 0.15) is 4.88 Å². The number of carbonyl (C=O) groups excluding carboxylic acids is 1. The fourth-order valence-electron chi connectivity index (χ4n) is 2.15. The van der Waals surface area contributed by atoms with Gasteiger partial charge in [-0.25, -0.2) is 8.78 Å². The van der Waals surface area contributed by atoms with Crippen LogP contribution in [0.3, 0.4) is 0 Å². The number of alkyl halides is 2. The summed E-state index contributed by atoms with van der Waals surface area (Å²) in [5.74, 6) is -0.665. The second-order valence-corrected chi connectivity index (χ2v) is 5.99. The van der Waals surface area contributed by atoms with Crippen LogP contribution in [0.2, 0.25) is 5.02 Å². The van der Waals surface area contributed by atoms with Crippen molar-refractivity contribution in [2.75, 3.05) is 5.32 Å². The lowest BCUT2D eigenvalue weighted by Gasteiger charge is -2.11. The van der Waals surface area contributed by atoms with Crippen molar-refractivity contribution >= 4 is 34.7 Å². The summed E-state index contributed by atoms with van der Waals surface area (Å²) in [4.78, 5) is 12.1. The second-order valence-electron chi connectivity index (χ2n) is 4.79. The third-order valence-corrected chi connectivity index (χ3v) is 4.25. The summed E-state index contributed by atoms with van der Waals surface area (Å²) in [6, 6.07) is 14.2. The Hall–Kier alpha value is -2.38. The van der Waals surface area contributed by atoms with Gasteiger partial charge in [0.2, 0.25) is 0 Å². The molecule has 0 aliphatic carbocycles. The molecule has 1 N–H and O–H groups in total. The lowest BCUT2D eigenvalue weighted by atomic mass is 10.0. The van der Waals surface area contributed by atoms with Crippen molar-refractivity contribution in [1.82, 2.24) is 9.59 Å². The molecule has 0 fully saturated rings. The monoisotopic (exact) mass is 365 g/mol. The van der Waals surface area contributed by atoms with E-state index in [0.29, 0.717) is 22.2 Å². The zero-order valence-corrected chi connectivity index (χ0v) is 13.6. The number of benzene rings is 2. The van der Waals surface area contributed by atoms with E-state index in [0.717, 1.165) is 11.1 Å². The standard InChI is InChI=1S/C16H10ClF2N3OS/c17-10-7-5-9(6-8-10)11-3-1-2-4-12(11)20-16(23)14-13(15(18)19)21-22-24-14/h1-8,15H,(H,20,23). The van der Waals surface area contributed by atoms with E-state index in [1.807, 2.05) is 24.3 Å². The number of para-hydroxylation sites is 1. The van der Waals surface area contributed by atoms with Gasteiger partial charge in [-0.1, -0.05) is 46.4 Å². The molecule has 0 saturated carbocycles. The van der Waals surface area contributed by atoms with E-state index in [-0.39, 0.29) is 4.88 Å². The van der Waals surface area contributed by atoms with Crippen molar-refractivity contribution in [2.24, 2.45) is 0 Å². The highest BCUT2D eigenvalue weighted by Gasteiger charge is 2.23. The number of halogens is 3. The summed E-state index contributed by atoms with van der Waals surface area (Å²) < 4.78 is 29.1. The molecular weight excluding hydrogens is 356 g/mol. The predicted octanol–water partition coefficient (Wildman–Crippen LogP) is 5.05. The molecule has 3 aromatic rings. The number of rotatable bonds is 4. The largest absolute Gasteiger partial charge is 0.321 e. The average molecular weight is 366 g/mol. The highest BCUT2D eigenvalue weighted by Crippen LogP contribution is 2.30. The minimum Gasteiger partial charge on any atom is -0.321 e. The molecule has 2 aromatic carbocycles. The smallest absolute Gasteiger partial charge is 0.283 e. The molecule has 3 rings (SSSR count). The van der Waals surface area contributed by atoms with Crippen molar-refractivity contribution in [3.05, 3.63) is 64.1 Å². The topological polar surface area (TPSA) is 54.9 Å². The van der Waals surface area contributed by atoms with Gasteiger partial charge in [0.25, 0.3) is 12.3 Å². The summed E-state index contributed by atoms with van der Waals surface area (Å²) in [5, 5.41) is 6.55. The summed E-state index contributed by atoms with van der Waals surface area (Å²) in [6.45, 7) is 0. The predicted molar refractivity (Wildman–Crippen MR) is 89.7 cm³/mol. The van der Waals surface area contributed by atoms with Gasteiger partial charge >= 0.3 is 0 Å². The Kier molecular flexibility index (Phi) is 4.82. The van der Waals surface area contributed by atoms with Crippen LogP contribution in [0.15, 0.2) is 48.5 Å². The molecule has 1 amide bonds. The van der Waals surface area contributed by atoms with E-state index < -0.39 is 18.0 Å². The fraction of sp³-hybridized carbons (Fsp3) is 0.0625. The van der Waals surface area contributed by atoms with Crippen molar-refractivity contribution in [2.45, 2.75) is 6.43 Å². The minimum atomic E-state index is -2.85. The number of hydrogen-bond acceptors (Lipinski definition) is 4. The maximum Gasteiger partial charge on any atom is 0.283 e. The van der Waals surface area contributed by atoms with Crippen molar-refractivity contribution < 1.29 is 13.6 Å². The molecule has 4 nitrogen and oxygen atoms in total. The van der Waals surface area contributed by atoms with Crippen LogP contribution in [0.4, 0.5) is 14.5 Å². The zero-order chi connectivity index (χ0) is 17.1. The van der Waals surface area contributed by atoms with Gasteiger partial charge in [0.15, 0.2) is 5.69 Å². The Balaban J connectivity index is 1.92. The number of amides is 1. The maximum absolute atomic E-state index is 12.9. The van der Waals surface area contributed by atoms with Crippen LogP contribution in [-0.2, 0) is 0 Å².